The van der Waals surface area contributed by atoms with Gasteiger partial charge in [0.15, 0.2) is 16.8 Å². The number of nitrogens with zero attached hydrogens (tertiary/aromatic N) is 4. The first-order chi connectivity index (χ1) is 15.0. The first-order valence-corrected chi connectivity index (χ1v) is 11.9. The maximum Gasteiger partial charge on any atom is 0.196 e. The number of rotatable bonds is 7. The fourth-order valence-electron chi connectivity index (χ4n) is 4.06. The van der Waals surface area contributed by atoms with E-state index in [9.17, 15) is 4.79 Å². The monoisotopic (exact) mass is 434 g/mol. The molecule has 31 heavy (non-hydrogen) atoms. The van der Waals surface area contributed by atoms with Crippen molar-refractivity contribution < 1.29 is 4.79 Å². The van der Waals surface area contributed by atoms with Gasteiger partial charge in [0, 0.05) is 11.3 Å². The molecule has 162 valence electrons. The molecule has 1 atom stereocenters. The van der Waals surface area contributed by atoms with Crippen molar-refractivity contribution in [3.63, 3.8) is 0 Å². The highest BCUT2D eigenvalue weighted by atomic mass is 32.2. The standard InChI is InChI=1S/C25H30N4OS/c1-18-12-13-19(2)22(16-18)24(30)20(3)31-25-27-26-23(17-28-14-8-5-9-15-28)29(25)21-10-6-4-7-11-21/h4,6-7,10-13,16,20H,5,8-9,14-15,17H2,1-3H3. The zero-order valence-electron chi connectivity index (χ0n) is 18.5. The van der Waals surface area contributed by atoms with Crippen LogP contribution in [-0.4, -0.2) is 43.8 Å². The van der Waals surface area contributed by atoms with Gasteiger partial charge in [-0.1, -0.05) is 54.1 Å². The summed E-state index contributed by atoms with van der Waals surface area (Å²) in [7, 11) is 0. The van der Waals surface area contributed by atoms with Gasteiger partial charge in [-0.05, 0) is 70.5 Å². The minimum atomic E-state index is -0.255. The maximum absolute atomic E-state index is 13.2. The van der Waals surface area contributed by atoms with Crippen LogP contribution in [0.1, 0.15) is 53.5 Å². The molecule has 0 amide bonds. The predicted molar refractivity (Wildman–Crippen MR) is 126 cm³/mol. The first-order valence-electron chi connectivity index (χ1n) is 11.0. The van der Waals surface area contributed by atoms with Gasteiger partial charge in [-0.15, -0.1) is 10.2 Å². The van der Waals surface area contributed by atoms with Crippen LogP contribution >= 0.6 is 11.8 Å². The third-order valence-corrected chi connectivity index (χ3v) is 6.88. The molecule has 1 aromatic heterocycles. The fraction of sp³-hybridized carbons (Fsp3) is 0.400. The van der Waals surface area contributed by atoms with Gasteiger partial charge >= 0.3 is 0 Å². The van der Waals surface area contributed by atoms with E-state index in [4.69, 9.17) is 0 Å². The fourth-order valence-corrected chi connectivity index (χ4v) is 5.02. The molecule has 1 aliphatic rings. The lowest BCUT2D eigenvalue weighted by Crippen LogP contribution is -2.30. The number of carbonyl (C=O) groups excluding carboxylic acids is 1. The Bertz CT molecular complexity index is 1040. The van der Waals surface area contributed by atoms with E-state index < -0.39 is 0 Å². The van der Waals surface area contributed by atoms with Crippen molar-refractivity contribution in [1.29, 1.82) is 0 Å². The number of Topliss-reactive ketones (excluding diaryl/α,β-unsaturated/α-hetero) is 1. The van der Waals surface area contributed by atoms with Crippen LogP contribution in [0.25, 0.3) is 5.69 Å². The molecule has 2 heterocycles. The van der Waals surface area contributed by atoms with Gasteiger partial charge in [-0.2, -0.15) is 0 Å². The molecule has 6 heteroatoms. The third-order valence-electron chi connectivity index (χ3n) is 5.84. The van der Waals surface area contributed by atoms with Crippen LogP contribution in [0, 0.1) is 13.8 Å². The Morgan fingerprint density at radius 3 is 2.52 bits per heavy atom. The Morgan fingerprint density at radius 1 is 1.03 bits per heavy atom. The number of carbonyl (C=O) groups is 1. The minimum Gasteiger partial charge on any atom is -0.296 e. The van der Waals surface area contributed by atoms with Crippen molar-refractivity contribution >= 4 is 17.5 Å². The van der Waals surface area contributed by atoms with Crippen molar-refractivity contribution in [3.8, 4) is 5.69 Å². The Morgan fingerprint density at radius 2 is 1.77 bits per heavy atom. The Kier molecular flexibility index (Phi) is 6.88. The van der Waals surface area contributed by atoms with E-state index in [0.29, 0.717) is 0 Å². The molecule has 1 unspecified atom stereocenters. The largest absolute Gasteiger partial charge is 0.296 e. The molecule has 0 bridgehead atoms. The van der Waals surface area contributed by atoms with Gasteiger partial charge in [-0.3, -0.25) is 14.3 Å². The molecule has 0 spiro atoms. The summed E-state index contributed by atoms with van der Waals surface area (Å²) in [5.74, 6) is 1.06. The SMILES string of the molecule is Cc1ccc(C)c(C(=O)C(C)Sc2nnc(CN3CCCCC3)n2-c2ccccc2)c1. The molecular weight excluding hydrogens is 404 g/mol. The van der Waals surface area contributed by atoms with Crippen LogP contribution in [0.3, 0.4) is 0 Å². The number of hydrogen-bond acceptors (Lipinski definition) is 5. The summed E-state index contributed by atoms with van der Waals surface area (Å²) in [6, 6.07) is 16.3. The molecule has 0 radical (unpaired) electrons. The number of aromatic nitrogens is 3. The summed E-state index contributed by atoms with van der Waals surface area (Å²) in [6.07, 6.45) is 3.78. The zero-order valence-corrected chi connectivity index (χ0v) is 19.4. The van der Waals surface area contributed by atoms with Crippen LogP contribution in [0.2, 0.25) is 0 Å². The van der Waals surface area contributed by atoms with E-state index >= 15 is 0 Å². The molecule has 2 aromatic carbocycles. The van der Waals surface area contributed by atoms with Crippen LogP contribution in [0.5, 0.6) is 0 Å². The number of aryl methyl sites for hydroxylation is 2. The van der Waals surface area contributed by atoms with Crippen molar-refractivity contribution in [1.82, 2.24) is 19.7 Å². The molecule has 1 aliphatic heterocycles. The molecule has 5 nitrogen and oxygen atoms in total. The smallest absolute Gasteiger partial charge is 0.196 e. The summed E-state index contributed by atoms with van der Waals surface area (Å²) in [4.78, 5) is 15.7. The second-order valence-corrected chi connectivity index (χ2v) is 9.66. The zero-order chi connectivity index (χ0) is 21.8. The molecule has 1 fully saturated rings. The first kappa shape index (κ1) is 21.8. The summed E-state index contributed by atoms with van der Waals surface area (Å²) in [6.45, 7) is 8.96. The number of hydrogen-bond donors (Lipinski definition) is 0. The summed E-state index contributed by atoms with van der Waals surface area (Å²) >= 11 is 1.49. The van der Waals surface area contributed by atoms with Crippen molar-refractivity contribution in [2.45, 2.75) is 57.0 Å². The second-order valence-electron chi connectivity index (χ2n) is 8.35. The molecule has 0 saturated carbocycles. The van der Waals surface area contributed by atoms with Crippen LogP contribution < -0.4 is 0 Å². The van der Waals surface area contributed by atoms with E-state index in [1.807, 2.05) is 57.2 Å². The van der Waals surface area contributed by atoms with Gasteiger partial charge in [0.2, 0.25) is 0 Å². The summed E-state index contributed by atoms with van der Waals surface area (Å²) in [5.41, 5.74) is 3.94. The lowest BCUT2D eigenvalue weighted by molar-refractivity contribution is 0.0993. The van der Waals surface area contributed by atoms with Gasteiger partial charge in [0.1, 0.15) is 0 Å². The van der Waals surface area contributed by atoms with E-state index in [1.54, 1.807) is 0 Å². The lowest BCUT2D eigenvalue weighted by Gasteiger charge is -2.26. The number of ketones is 1. The van der Waals surface area contributed by atoms with E-state index in [-0.39, 0.29) is 11.0 Å². The molecule has 3 aromatic rings. The van der Waals surface area contributed by atoms with Crippen molar-refractivity contribution in [3.05, 3.63) is 71.0 Å². The quantitative estimate of drug-likeness (QED) is 0.376. The average Bonchev–Trinajstić information content (AvgIpc) is 3.18. The molecular formula is C25H30N4OS. The maximum atomic E-state index is 13.2. The highest BCUT2D eigenvalue weighted by Gasteiger charge is 2.24. The number of benzene rings is 2. The highest BCUT2D eigenvalue weighted by molar-refractivity contribution is 8.00. The lowest BCUT2D eigenvalue weighted by atomic mass is 10.0. The Hall–Kier alpha value is -2.44. The summed E-state index contributed by atoms with van der Waals surface area (Å²) < 4.78 is 2.12. The van der Waals surface area contributed by atoms with E-state index in [2.05, 4.69) is 31.8 Å². The van der Waals surface area contributed by atoms with Gasteiger partial charge in [0.05, 0.1) is 11.8 Å². The predicted octanol–water partition coefficient (Wildman–Crippen LogP) is 5.23. The van der Waals surface area contributed by atoms with Gasteiger partial charge in [0.25, 0.3) is 0 Å². The van der Waals surface area contributed by atoms with Crippen LogP contribution in [-0.2, 0) is 6.54 Å². The minimum absolute atomic E-state index is 0.131. The molecule has 0 N–H and O–H groups in total. The van der Waals surface area contributed by atoms with E-state index in [0.717, 1.165) is 53.0 Å². The summed E-state index contributed by atoms with van der Waals surface area (Å²) in [5, 5.41) is 9.57. The average molecular weight is 435 g/mol. The van der Waals surface area contributed by atoms with Gasteiger partial charge in [-0.25, -0.2) is 0 Å². The Labute approximate surface area is 188 Å². The third kappa shape index (κ3) is 5.08. The number of para-hydroxylation sites is 1. The normalized spacial score (nSPS) is 15.7. The number of thioether (sulfide) groups is 1. The topological polar surface area (TPSA) is 51.0 Å². The second kappa shape index (κ2) is 9.79. The highest BCUT2D eigenvalue weighted by Crippen LogP contribution is 2.29. The van der Waals surface area contributed by atoms with Gasteiger partial charge < -0.3 is 0 Å². The number of likely N-dealkylation sites (tertiary alicyclic amines) is 1. The van der Waals surface area contributed by atoms with Crippen molar-refractivity contribution in [2.24, 2.45) is 0 Å². The van der Waals surface area contributed by atoms with Crippen LogP contribution in [0.15, 0.2) is 53.7 Å². The molecule has 1 saturated heterocycles. The Balaban J connectivity index is 1.61. The number of piperidine rings is 1. The van der Waals surface area contributed by atoms with E-state index in [1.165, 1.54) is 31.0 Å². The van der Waals surface area contributed by atoms with Crippen molar-refractivity contribution in [2.75, 3.05) is 13.1 Å². The molecule has 0 aliphatic carbocycles. The van der Waals surface area contributed by atoms with Crippen LogP contribution in [0.4, 0.5) is 0 Å². The molecule has 4 rings (SSSR count).